The molecule has 2 N–H and O–H groups in total. The number of nitrogens with one attached hydrogen (secondary N) is 1. The van der Waals surface area contributed by atoms with Gasteiger partial charge >= 0.3 is 0 Å². The maximum absolute atomic E-state index is 12.0. The quantitative estimate of drug-likeness (QED) is 0.610. The number of hydrogen-bond acceptors (Lipinski definition) is 4. The van der Waals surface area contributed by atoms with Crippen molar-refractivity contribution in [1.29, 1.82) is 0 Å². The van der Waals surface area contributed by atoms with Gasteiger partial charge in [0.25, 0.3) is 0 Å². The van der Waals surface area contributed by atoms with Crippen molar-refractivity contribution < 1.29 is 14.3 Å². The number of aromatic nitrogens is 1. The fraction of sp³-hybridized carbons (Fsp3) is 0.333. The molecule has 3 rings (SSSR count). The number of carbonyl (C=O) groups excluding carboxylic acids is 1. The Kier molecular flexibility index (Phi) is 4.98. The van der Waals surface area contributed by atoms with E-state index >= 15 is 0 Å². The Hall–Kier alpha value is -2.82. The highest BCUT2D eigenvalue weighted by molar-refractivity contribution is 5.92. The lowest BCUT2D eigenvalue weighted by Crippen LogP contribution is -2.13. The first-order valence-electron chi connectivity index (χ1n) is 8.87. The monoisotopic (exact) mass is 352 g/mol. The molecule has 1 heterocycles. The van der Waals surface area contributed by atoms with Gasteiger partial charge in [-0.25, -0.2) is 4.98 Å². The van der Waals surface area contributed by atoms with Gasteiger partial charge in [-0.2, -0.15) is 0 Å². The maximum Gasteiger partial charge on any atom is 0.231 e. The summed E-state index contributed by atoms with van der Waals surface area (Å²) in [7, 11) is 0. The Morgan fingerprint density at radius 3 is 2.62 bits per heavy atom. The van der Waals surface area contributed by atoms with E-state index in [9.17, 15) is 9.90 Å². The summed E-state index contributed by atoms with van der Waals surface area (Å²) >= 11 is 0. The lowest BCUT2D eigenvalue weighted by molar-refractivity contribution is -0.116. The molecule has 0 bridgehead atoms. The van der Waals surface area contributed by atoms with Crippen LogP contribution in [0, 0.1) is 5.92 Å². The number of phenols is 1. The summed E-state index contributed by atoms with van der Waals surface area (Å²) in [5, 5.41) is 13.1. The molecule has 0 aliphatic carbocycles. The van der Waals surface area contributed by atoms with Gasteiger partial charge in [0.05, 0.1) is 5.56 Å². The van der Waals surface area contributed by atoms with E-state index in [4.69, 9.17) is 4.42 Å². The summed E-state index contributed by atoms with van der Waals surface area (Å²) in [5.41, 5.74) is 3.65. The van der Waals surface area contributed by atoms with Crippen LogP contribution in [0.5, 0.6) is 5.75 Å². The van der Waals surface area contributed by atoms with E-state index in [1.54, 1.807) is 12.1 Å². The molecule has 5 nitrogen and oxygen atoms in total. The standard InChI is InChI=1S/C21H24N2O3/c1-12(2)9-20(25)22-15-6-7-18(24)16(11-15)21-23-17-10-14(13(3)4)5-8-19(17)26-21/h5-8,10-13,24H,9H2,1-4H3,(H,22,25). The lowest BCUT2D eigenvalue weighted by Gasteiger charge is -2.09. The molecule has 0 aliphatic heterocycles. The van der Waals surface area contributed by atoms with Gasteiger partial charge in [-0.15, -0.1) is 0 Å². The molecule has 2 aromatic carbocycles. The number of anilines is 1. The second-order valence-corrected chi connectivity index (χ2v) is 7.28. The number of benzene rings is 2. The first-order valence-corrected chi connectivity index (χ1v) is 8.87. The smallest absolute Gasteiger partial charge is 0.231 e. The largest absolute Gasteiger partial charge is 0.507 e. The van der Waals surface area contributed by atoms with Crippen LogP contribution < -0.4 is 5.32 Å². The van der Waals surface area contributed by atoms with Crippen molar-refractivity contribution in [3.8, 4) is 17.2 Å². The van der Waals surface area contributed by atoms with E-state index in [-0.39, 0.29) is 17.6 Å². The Morgan fingerprint density at radius 2 is 1.92 bits per heavy atom. The number of amides is 1. The Balaban J connectivity index is 1.94. The molecule has 0 saturated heterocycles. The number of aromatic hydroxyl groups is 1. The van der Waals surface area contributed by atoms with Gasteiger partial charge in [0.2, 0.25) is 11.8 Å². The average molecular weight is 352 g/mol. The predicted molar refractivity (Wildman–Crippen MR) is 103 cm³/mol. The normalized spacial score (nSPS) is 11.5. The molecule has 0 spiro atoms. The molecule has 1 aromatic heterocycles. The molecule has 26 heavy (non-hydrogen) atoms. The number of hydrogen-bond donors (Lipinski definition) is 2. The van der Waals surface area contributed by atoms with Gasteiger partial charge in [-0.1, -0.05) is 33.8 Å². The molecular weight excluding hydrogens is 328 g/mol. The molecule has 0 unspecified atom stereocenters. The zero-order chi connectivity index (χ0) is 18.8. The topological polar surface area (TPSA) is 75.4 Å². The summed E-state index contributed by atoms with van der Waals surface area (Å²) < 4.78 is 5.81. The van der Waals surface area contributed by atoms with Crippen LogP contribution in [0.1, 0.15) is 45.6 Å². The minimum absolute atomic E-state index is 0.0579. The highest BCUT2D eigenvalue weighted by atomic mass is 16.3. The molecular formula is C21H24N2O3. The Bertz CT molecular complexity index is 942. The van der Waals surface area contributed by atoms with Crippen molar-refractivity contribution in [2.45, 2.75) is 40.0 Å². The summed E-state index contributed by atoms with van der Waals surface area (Å²) in [6.07, 6.45) is 0.442. The lowest BCUT2D eigenvalue weighted by atomic mass is 10.0. The minimum atomic E-state index is -0.0595. The second-order valence-electron chi connectivity index (χ2n) is 7.28. The first kappa shape index (κ1) is 18.0. The van der Waals surface area contributed by atoms with Gasteiger partial charge in [-0.3, -0.25) is 4.79 Å². The van der Waals surface area contributed by atoms with E-state index in [2.05, 4.69) is 24.1 Å². The average Bonchev–Trinajstić information content (AvgIpc) is 2.98. The number of nitrogens with zero attached hydrogens (tertiary/aromatic N) is 1. The van der Waals surface area contributed by atoms with Gasteiger partial charge in [0, 0.05) is 12.1 Å². The molecule has 0 atom stereocenters. The van der Waals surface area contributed by atoms with E-state index in [0.717, 1.165) is 5.52 Å². The fourth-order valence-corrected chi connectivity index (χ4v) is 2.79. The van der Waals surface area contributed by atoms with Crippen LogP contribution in [0.2, 0.25) is 0 Å². The predicted octanol–water partition coefficient (Wildman–Crippen LogP) is 5.31. The van der Waals surface area contributed by atoms with Crippen LogP contribution in [-0.4, -0.2) is 16.0 Å². The van der Waals surface area contributed by atoms with Crippen LogP contribution in [-0.2, 0) is 4.79 Å². The Labute approximate surface area is 153 Å². The highest BCUT2D eigenvalue weighted by Gasteiger charge is 2.15. The van der Waals surface area contributed by atoms with Gasteiger partial charge < -0.3 is 14.8 Å². The summed E-state index contributed by atoms with van der Waals surface area (Å²) in [6.45, 7) is 8.23. The Morgan fingerprint density at radius 1 is 1.15 bits per heavy atom. The number of fused-ring (bicyclic) bond motifs is 1. The molecule has 0 saturated carbocycles. The molecule has 0 aliphatic rings. The van der Waals surface area contributed by atoms with E-state index in [1.165, 1.54) is 11.6 Å². The second kappa shape index (κ2) is 7.20. The molecule has 0 fully saturated rings. The van der Waals surface area contributed by atoms with Crippen molar-refractivity contribution in [2.75, 3.05) is 5.32 Å². The SMILES string of the molecule is CC(C)CC(=O)Nc1ccc(O)c(-c2nc3cc(C(C)C)ccc3o2)c1. The van der Waals surface area contributed by atoms with Crippen LogP contribution in [0.25, 0.3) is 22.6 Å². The molecule has 3 aromatic rings. The van der Waals surface area contributed by atoms with E-state index in [0.29, 0.717) is 35.1 Å². The van der Waals surface area contributed by atoms with Crippen molar-refractivity contribution in [3.05, 3.63) is 42.0 Å². The number of carbonyl (C=O) groups is 1. The first-order chi connectivity index (χ1) is 12.3. The molecule has 1 amide bonds. The third-order valence-electron chi connectivity index (χ3n) is 4.18. The zero-order valence-electron chi connectivity index (χ0n) is 15.5. The van der Waals surface area contributed by atoms with Crippen LogP contribution in [0.3, 0.4) is 0 Å². The van der Waals surface area contributed by atoms with Gasteiger partial charge in [-0.05, 0) is 47.7 Å². The number of phenolic OH excluding ortho intramolecular Hbond substituents is 1. The van der Waals surface area contributed by atoms with Crippen molar-refractivity contribution >= 4 is 22.7 Å². The van der Waals surface area contributed by atoms with Crippen LogP contribution in [0.15, 0.2) is 40.8 Å². The summed E-state index contributed by atoms with van der Waals surface area (Å²) in [4.78, 5) is 16.5. The summed E-state index contributed by atoms with van der Waals surface area (Å²) in [5.74, 6) is 1.00. The van der Waals surface area contributed by atoms with Crippen molar-refractivity contribution in [2.24, 2.45) is 5.92 Å². The number of rotatable bonds is 5. The molecule has 5 heteroatoms. The van der Waals surface area contributed by atoms with Crippen LogP contribution >= 0.6 is 0 Å². The zero-order valence-corrected chi connectivity index (χ0v) is 15.5. The maximum atomic E-state index is 12.0. The third kappa shape index (κ3) is 3.87. The molecule has 136 valence electrons. The van der Waals surface area contributed by atoms with Gasteiger partial charge in [0.1, 0.15) is 11.3 Å². The molecule has 0 radical (unpaired) electrons. The highest BCUT2D eigenvalue weighted by Crippen LogP contribution is 2.34. The fourth-order valence-electron chi connectivity index (χ4n) is 2.79. The summed E-state index contributed by atoms with van der Waals surface area (Å²) in [6, 6.07) is 10.8. The third-order valence-corrected chi connectivity index (χ3v) is 4.18. The van der Waals surface area contributed by atoms with Crippen molar-refractivity contribution in [1.82, 2.24) is 4.98 Å². The van der Waals surface area contributed by atoms with E-state index in [1.807, 2.05) is 32.0 Å². The van der Waals surface area contributed by atoms with E-state index < -0.39 is 0 Å². The van der Waals surface area contributed by atoms with Crippen LogP contribution in [0.4, 0.5) is 5.69 Å². The van der Waals surface area contributed by atoms with Crippen molar-refractivity contribution in [3.63, 3.8) is 0 Å². The van der Waals surface area contributed by atoms with Gasteiger partial charge in [0.15, 0.2) is 5.58 Å². The minimum Gasteiger partial charge on any atom is -0.507 e. The number of oxazole rings is 1.